The molecule has 3 rings (SSSR count). The SMILES string of the molecule is CN=CC(=CN)n1nc(C(=O)N[C@H](C)c2ccc(-c3cc(F)ccc3CNC)s2)ccc1=O. The van der Waals surface area contributed by atoms with Crippen LogP contribution in [0.25, 0.3) is 16.1 Å². The summed E-state index contributed by atoms with van der Waals surface area (Å²) in [7, 11) is 3.37. The summed E-state index contributed by atoms with van der Waals surface area (Å²) in [6, 6.07) is 10.8. The summed E-state index contributed by atoms with van der Waals surface area (Å²) in [5, 5.41) is 10.1. The quantitative estimate of drug-likeness (QED) is 0.440. The highest BCUT2D eigenvalue weighted by molar-refractivity contribution is 7.15. The van der Waals surface area contributed by atoms with Gasteiger partial charge in [-0.05, 0) is 55.4 Å². The molecule has 0 radical (unpaired) electrons. The maximum absolute atomic E-state index is 13.9. The molecule has 0 spiro atoms. The van der Waals surface area contributed by atoms with E-state index in [2.05, 4.69) is 20.7 Å². The van der Waals surface area contributed by atoms with Gasteiger partial charge in [0.2, 0.25) is 0 Å². The highest BCUT2D eigenvalue weighted by Gasteiger charge is 2.17. The number of rotatable bonds is 8. The lowest BCUT2D eigenvalue weighted by Gasteiger charge is -2.13. The number of nitrogens with zero attached hydrogens (tertiary/aromatic N) is 3. The Morgan fingerprint density at radius 2 is 2.09 bits per heavy atom. The van der Waals surface area contributed by atoms with E-state index in [1.807, 2.05) is 26.1 Å². The van der Waals surface area contributed by atoms with Crippen molar-refractivity contribution in [1.29, 1.82) is 0 Å². The molecule has 1 aromatic carbocycles. The molecule has 1 atom stereocenters. The van der Waals surface area contributed by atoms with Gasteiger partial charge in [0.15, 0.2) is 0 Å². The van der Waals surface area contributed by atoms with Crippen molar-refractivity contribution in [2.45, 2.75) is 19.5 Å². The standard InChI is InChI=1S/C23H25FN6O2S/c1-14(20-7-8-21(33-20)18-10-16(24)5-4-15(18)12-26-2)28-23(32)19-6-9-22(31)30(29-19)17(11-25)13-27-3/h4-11,13-14,26H,12,25H2,1-3H3,(H,28,32)/t14-/m1/s1. The van der Waals surface area contributed by atoms with E-state index in [1.165, 1.54) is 55.1 Å². The second-order valence-corrected chi connectivity index (χ2v) is 8.29. The van der Waals surface area contributed by atoms with Crippen LogP contribution in [0.3, 0.4) is 0 Å². The lowest BCUT2D eigenvalue weighted by Crippen LogP contribution is -2.31. The van der Waals surface area contributed by atoms with Crippen molar-refractivity contribution in [1.82, 2.24) is 20.4 Å². The molecular formula is C23H25FN6O2S. The van der Waals surface area contributed by atoms with Gasteiger partial charge in [-0.2, -0.15) is 9.78 Å². The number of aliphatic imine (C=N–C) groups is 1. The van der Waals surface area contributed by atoms with Gasteiger partial charge in [0.25, 0.3) is 11.5 Å². The Morgan fingerprint density at radius 3 is 2.79 bits per heavy atom. The molecule has 10 heteroatoms. The van der Waals surface area contributed by atoms with E-state index < -0.39 is 11.5 Å². The first kappa shape index (κ1) is 24.0. The van der Waals surface area contributed by atoms with Crippen molar-refractivity contribution < 1.29 is 9.18 Å². The predicted molar refractivity (Wildman–Crippen MR) is 130 cm³/mol. The molecule has 0 bridgehead atoms. The van der Waals surface area contributed by atoms with E-state index in [0.717, 1.165) is 25.6 Å². The molecule has 0 saturated heterocycles. The average Bonchev–Trinajstić information content (AvgIpc) is 3.29. The van der Waals surface area contributed by atoms with Gasteiger partial charge < -0.3 is 16.4 Å². The number of hydrogen-bond acceptors (Lipinski definition) is 7. The number of nitrogens with one attached hydrogen (secondary N) is 2. The number of carbonyl (C=O) groups excluding carboxylic acids is 1. The first-order valence-corrected chi connectivity index (χ1v) is 11.0. The van der Waals surface area contributed by atoms with Crippen LogP contribution in [0.5, 0.6) is 0 Å². The summed E-state index contributed by atoms with van der Waals surface area (Å²) in [6.45, 7) is 2.46. The van der Waals surface area contributed by atoms with Crippen molar-refractivity contribution >= 4 is 29.2 Å². The molecular weight excluding hydrogens is 443 g/mol. The topological polar surface area (TPSA) is 114 Å². The minimum atomic E-state index is -0.447. The molecule has 0 aliphatic carbocycles. The van der Waals surface area contributed by atoms with E-state index in [1.54, 1.807) is 6.07 Å². The third-order valence-corrected chi connectivity index (χ3v) is 6.12. The van der Waals surface area contributed by atoms with Crippen LogP contribution < -0.4 is 21.9 Å². The van der Waals surface area contributed by atoms with Crippen LogP contribution in [0.1, 0.15) is 33.9 Å². The molecule has 0 unspecified atom stereocenters. The van der Waals surface area contributed by atoms with Crippen molar-refractivity contribution in [2.24, 2.45) is 10.7 Å². The molecule has 3 aromatic rings. The molecule has 0 aliphatic rings. The van der Waals surface area contributed by atoms with Crippen LogP contribution in [-0.4, -0.2) is 36.0 Å². The minimum absolute atomic E-state index is 0.0588. The van der Waals surface area contributed by atoms with Crippen LogP contribution >= 0.6 is 11.3 Å². The Hall–Kier alpha value is -3.63. The summed E-state index contributed by atoms with van der Waals surface area (Å²) >= 11 is 1.47. The number of benzene rings is 1. The Balaban J connectivity index is 1.82. The maximum atomic E-state index is 13.9. The fourth-order valence-electron chi connectivity index (χ4n) is 3.21. The van der Waals surface area contributed by atoms with Gasteiger partial charge in [0.05, 0.1) is 6.04 Å². The van der Waals surface area contributed by atoms with E-state index in [4.69, 9.17) is 5.73 Å². The third-order valence-electron chi connectivity index (χ3n) is 4.82. The van der Waals surface area contributed by atoms with Crippen molar-refractivity contribution in [3.05, 3.63) is 81.0 Å². The molecule has 8 nitrogen and oxygen atoms in total. The van der Waals surface area contributed by atoms with Gasteiger partial charge in [-0.1, -0.05) is 6.07 Å². The normalized spacial score (nSPS) is 12.8. The van der Waals surface area contributed by atoms with Crippen molar-refractivity contribution in [3.63, 3.8) is 0 Å². The van der Waals surface area contributed by atoms with Crippen molar-refractivity contribution in [3.8, 4) is 10.4 Å². The van der Waals surface area contributed by atoms with Crippen molar-refractivity contribution in [2.75, 3.05) is 14.1 Å². The molecule has 4 N–H and O–H groups in total. The van der Waals surface area contributed by atoms with E-state index in [-0.39, 0.29) is 23.3 Å². The predicted octanol–water partition coefficient (Wildman–Crippen LogP) is 2.78. The highest BCUT2D eigenvalue weighted by Crippen LogP contribution is 2.34. The monoisotopic (exact) mass is 468 g/mol. The van der Waals surface area contributed by atoms with Gasteiger partial charge in [0, 0.05) is 41.8 Å². The number of hydrogen-bond donors (Lipinski definition) is 3. The molecule has 33 heavy (non-hydrogen) atoms. The fraction of sp³-hybridized carbons (Fsp3) is 0.217. The fourth-order valence-corrected chi connectivity index (χ4v) is 4.27. The summed E-state index contributed by atoms with van der Waals surface area (Å²) in [5.41, 5.74) is 7.22. The zero-order valence-corrected chi connectivity index (χ0v) is 19.3. The summed E-state index contributed by atoms with van der Waals surface area (Å²) in [4.78, 5) is 30.6. The second-order valence-electron chi connectivity index (χ2n) is 7.18. The summed E-state index contributed by atoms with van der Waals surface area (Å²) < 4.78 is 14.9. The summed E-state index contributed by atoms with van der Waals surface area (Å²) in [5.74, 6) is -0.751. The first-order chi connectivity index (χ1) is 15.9. The van der Waals surface area contributed by atoms with Crippen LogP contribution in [0.2, 0.25) is 0 Å². The summed E-state index contributed by atoms with van der Waals surface area (Å²) in [6.07, 6.45) is 2.56. The van der Waals surface area contributed by atoms with Crippen LogP contribution in [-0.2, 0) is 6.54 Å². The van der Waals surface area contributed by atoms with Crippen LogP contribution in [0.15, 0.2) is 58.5 Å². The average molecular weight is 469 g/mol. The smallest absolute Gasteiger partial charge is 0.272 e. The first-order valence-electron chi connectivity index (χ1n) is 10.2. The number of allylic oxidation sites excluding steroid dienone is 1. The lowest BCUT2D eigenvalue weighted by atomic mass is 10.1. The zero-order valence-electron chi connectivity index (χ0n) is 18.5. The van der Waals surface area contributed by atoms with Crippen LogP contribution in [0, 0.1) is 5.82 Å². The number of amides is 1. The molecule has 2 aromatic heterocycles. The Kier molecular flexibility index (Phi) is 7.86. The Bertz CT molecular complexity index is 1260. The molecule has 0 fully saturated rings. The van der Waals surface area contributed by atoms with Gasteiger partial charge in [0.1, 0.15) is 17.2 Å². The third kappa shape index (κ3) is 5.60. The zero-order chi connectivity index (χ0) is 24.0. The molecule has 172 valence electrons. The van der Waals surface area contributed by atoms with E-state index in [0.29, 0.717) is 6.54 Å². The van der Waals surface area contributed by atoms with Gasteiger partial charge >= 0.3 is 0 Å². The number of carbonyl (C=O) groups is 1. The number of aromatic nitrogens is 2. The van der Waals surface area contributed by atoms with E-state index in [9.17, 15) is 14.0 Å². The van der Waals surface area contributed by atoms with E-state index >= 15 is 0 Å². The molecule has 0 saturated carbocycles. The van der Waals surface area contributed by atoms with Gasteiger partial charge in [-0.15, -0.1) is 11.3 Å². The lowest BCUT2D eigenvalue weighted by molar-refractivity contribution is 0.0933. The largest absolute Gasteiger partial charge is 0.403 e. The molecule has 0 aliphatic heterocycles. The van der Waals surface area contributed by atoms with Gasteiger partial charge in [-0.3, -0.25) is 14.6 Å². The molecule has 1 amide bonds. The number of halogens is 1. The number of nitrogens with two attached hydrogens (primary N) is 1. The maximum Gasteiger partial charge on any atom is 0.272 e. The van der Waals surface area contributed by atoms with Crippen LogP contribution in [0.4, 0.5) is 4.39 Å². The molecule has 2 heterocycles. The van der Waals surface area contributed by atoms with Gasteiger partial charge in [-0.25, -0.2) is 4.39 Å². The minimum Gasteiger partial charge on any atom is -0.403 e. The number of thiophene rings is 1. The highest BCUT2D eigenvalue weighted by atomic mass is 32.1. The Morgan fingerprint density at radius 1 is 1.30 bits per heavy atom. The Labute approximate surface area is 194 Å². The second kappa shape index (κ2) is 10.8.